The molecule has 5 nitrogen and oxygen atoms in total. The number of carbonyl (C=O) groups excluding carboxylic acids is 1. The van der Waals surface area contributed by atoms with Gasteiger partial charge in [-0.15, -0.1) is 0 Å². The number of hydrogen-bond donors (Lipinski definition) is 4. The summed E-state index contributed by atoms with van der Waals surface area (Å²) in [5, 5.41) is 14.9. The van der Waals surface area contributed by atoms with E-state index >= 15 is 0 Å². The van der Waals surface area contributed by atoms with Crippen LogP contribution in [-0.2, 0) is 11.4 Å². The van der Waals surface area contributed by atoms with Gasteiger partial charge in [-0.1, -0.05) is 25.5 Å². The number of aliphatic hydroxyl groups excluding tert-OH is 1. The Morgan fingerprint density at radius 2 is 2.15 bits per heavy atom. The number of benzene rings is 1. The fraction of sp³-hybridized carbons (Fsp3) is 0.533. The van der Waals surface area contributed by atoms with E-state index in [1.807, 2.05) is 0 Å². The van der Waals surface area contributed by atoms with Crippen LogP contribution in [0.5, 0.6) is 0 Å². The Morgan fingerprint density at radius 1 is 1.40 bits per heavy atom. The Morgan fingerprint density at radius 3 is 2.80 bits per heavy atom. The summed E-state index contributed by atoms with van der Waals surface area (Å²) in [5.74, 6) is -0.189. The van der Waals surface area contributed by atoms with Crippen LogP contribution < -0.4 is 16.4 Å². The summed E-state index contributed by atoms with van der Waals surface area (Å²) in [4.78, 5) is 11.9. The van der Waals surface area contributed by atoms with E-state index in [0.717, 1.165) is 24.9 Å². The maximum atomic E-state index is 11.9. The fourth-order valence-corrected chi connectivity index (χ4v) is 1.80. The maximum absolute atomic E-state index is 11.9. The van der Waals surface area contributed by atoms with Gasteiger partial charge < -0.3 is 21.5 Å². The molecule has 0 saturated heterocycles. The summed E-state index contributed by atoms with van der Waals surface area (Å²) in [5.41, 5.74) is 7.35. The van der Waals surface area contributed by atoms with Crippen molar-refractivity contribution in [3.63, 3.8) is 0 Å². The lowest BCUT2D eigenvalue weighted by molar-refractivity contribution is -0.117. The molecule has 0 aliphatic rings. The van der Waals surface area contributed by atoms with E-state index < -0.39 is 6.04 Å². The van der Waals surface area contributed by atoms with Crippen molar-refractivity contribution in [1.82, 2.24) is 5.32 Å². The Labute approximate surface area is 122 Å². The molecule has 1 rings (SSSR count). The molecule has 1 aromatic rings. The number of nitrogens with two attached hydrogens (primary N) is 1. The molecule has 112 valence electrons. The van der Waals surface area contributed by atoms with Crippen LogP contribution in [0.4, 0.5) is 5.69 Å². The van der Waals surface area contributed by atoms with E-state index in [4.69, 9.17) is 12.2 Å². The highest BCUT2D eigenvalue weighted by Crippen LogP contribution is 2.10. The third-order valence-corrected chi connectivity index (χ3v) is 3.04. The molecule has 0 aliphatic heterocycles. The number of unbranched alkanes of at least 4 members (excludes halogenated alkanes) is 1. The van der Waals surface area contributed by atoms with E-state index in [9.17, 15) is 4.79 Å². The lowest BCUT2D eigenvalue weighted by Gasteiger charge is -2.12. The van der Waals surface area contributed by atoms with Gasteiger partial charge in [-0.25, -0.2) is 0 Å². The number of anilines is 1. The van der Waals surface area contributed by atoms with Gasteiger partial charge in [0.1, 0.15) is 0 Å². The minimum atomic E-state index is -0.515. The van der Waals surface area contributed by atoms with Crippen LogP contribution in [0, 0.1) is 0 Å². The van der Waals surface area contributed by atoms with Gasteiger partial charge in [0.05, 0.1) is 12.6 Å². The Bertz CT molecular complexity index is 412. The van der Waals surface area contributed by atoms with Gasteiger partial charge in [-0.05, 0) is 43.6 Å². The van der Waals surface area contributed by atoms with Crippen molar-refractivity contribution in [2.45, 2.75) is 38.8 Å². The van der Waals surface area contributed by atoms with Crippen LogP contribution in [0.25, 0.3) is 0 Å². The van der Waals surface area contributed by atoms with Crippen LogP contribution in [0.2, 0.25) is 0 Å². The molecule has 1 aromatic carbocycles. The lowest BCUT2D eigenvalue weighted by Crippen LogP contribution is -2.35. The lowest BCUT2D eigenvalue weighted by atomic mass is 10.1. The molecule has 5 heteroatoms. The van der Waals surface area contributed by atoms with Crippen molar-refractivity contribution in [3.8, 4) is 0 Å². The molecule has 1 unspecified atom stereocenters. The second kappa shape index (κ2) is 9.47. The molecule has 0 bridgehead atoms. The van der Waals surface area contributed by atoms with Gasteiger partial charge in [-0.3, -0.25) is 4.79 Å². The summed E-state index contributed by atoms with van der Waals surface area (Å²) in [6.07, 6.45) is 2.47. The van der Waals surface area contributed by atoms with Gasteiger partial charge in [0.2, 0.25) is 5.91 Å². The first-order chi connectivity index (χ1) is 10.2. The first-order valence-corrected chi connectivity index (χ1v) is 6.93. The van der Waals surface area contributed by atoms with Crippen LogP contribution in [0.3, 0.4) is 0 Å². The van der Waals surface area contributed by atoms with Crippen LogP contribution in [-0.4, -0.2) is 30.1 Å². The molecular weight excluding hydrogens is 254 g/mol. The molecule has 20 heavy (non-hydrogen) atoms. The predicted octanol–water partition coefficient (Wildman–Crippen LogP) is 1.22. The third-order valence-electron chi connectivity index (χ3n) is 3.04. The topological polar surface area (TPSA) is 87.4 Å². The minimum absolute atomic E-state index is 0.0119. The van der Waals surface area contributed by atoms with E-state index in [0.29, 0.717) is 25.6 Å². The number of rotatable bonds is 9. The molecule has 0 spiro atoms. The summed E-state index contributed by atoms with van der Waals surface area (Å²) in [7, 11) is 0. The molecule has 0 aliphatic carbocycles. The van der Waals surface area contributed by atoms with Gasteiger partial charge in [-0.2, -0.15) is 0 Å². The van der Waals surface area contributed by atoms with Gasteiger partial charge >= 0.3 is 0 Å². The molecule has 0 saturated carbocycles. The van der Waals surface area contributed by atoms with Crippen molar-refractivity contribution < 1.29 is 11.3 Å². The van der Waals surface area contributed by atoms with E-state index in [1.165, 1.54) is 0 Å². The minimum Gasteiger partial charge on any atom is -0.392 e. The SMILES string of the molecule is [3H]CCNCCCCC(N)C(=O)Nc1ccc(CO)cc1. The summed E-state index contributed by atoms with van der Waals surface area (Å²) < 4.78 is 6.99. The highest BCUT2D eigenvalue weighted by atomic mass is 16.3. The quantitative estimate of drug-likeness (QED) is 0.513. The first-order valence-electron chi connectivity index (χ1n) is 7.64. The van der Waals surface area contributed by atoms with Gasteiger partial charge in [0.25, 0.3) is 0 Å². The smallest absolute Gasteiger partial charge is 0.241 e. The van der Waals surface area contributed by atoms with E-state index in [2.05, 4.69) is 10.6 Å². The average molecular weight is 281 g/mol. The van der Waals surface area contributed by atoms with Crippen molar-refractivity contribution in [2.75, 3.05) is 18.4 Å². The molecule has 0 radical (unpaired) electrons. The van der Waals surface area contributed by atoms with Crippen molar-refractivity contribution in [3.05, 3.63) is 29.8 Å². The predicted molar refractivity (Wildman–Crippen MR) is 81.4 cm³/mol. The normalized spacial score (nSPS) is 12.8. The Balaban J connectivity index is 2.23. The standard InChI is InChI=1S/C15H25N3O2/c1-2-17-10-4-3-5-14(16)15(20)18-13-8-6-12(11-19)7-9-13/h6-9,14,17,19H,2-5,10-11,16H2,1H3,(H,18,20)/i1T. The van der Waals surface area contributed by atoms with Gasteiger partial charge in [0.15, 0.2) is 0 Å². The molecule has 0 aromatic heterocycles. The number of carbonyl (C=O) groups is 1. The number of nitrogens with one attached hydrogen (secondary N) is 2. The summed E-state index contributed by atoms with van der Waals surface area (Å²) in [6, 6.07) is 6.51. The highest BCUT2D eigenvalue weighted by molar-refractivity contribution is 5.94. The second-order valence-corrected chi connectivity index (χ2v) is 4.70. The molecule has 5 N–H and O–H groups in total. The zero-order valence-corrected chi connectivity index (χ0v) is 11.8. The summed E-state index contributed by atoms with van der Waals surface area (Å²) >= 11 is 0. The maximum Gasteiger partial charge on any atom is 0.241 e. The highest BCUT2D eigenvalue weighted by Gasteiger charge is 2.12. The molecular formula is C15H25N3O2. The second-order valence-electron chi connectivity index (χ2n) is 4.70. The largest absolute Gasteiger partial charge is 0.392 e. The number of hydrogen-bond acceptors (Lipinski definition) is 4. The number of amides is 1. The van der Waals surface area contributed by atoms with Crippen LogP contribution in [0.1, 0.15) is 33.1 Å². The van der Waals surface area contributed by atoms with Gasteiger partial charge in [0, 0.05) is 7.06 Å². The van der Waals surface area contributed by atoms with E-state index in [1.54, 1.807) is 24.3 Å². The Kier molecular flexibility index (Phi) is 7.09. The zero-order valence-electron chi connectivity index (χ0n) is 12.8. The third kappa shape index (κ3) is 6.14. The molecule has 0 heterocycles. The van der Waals surface area contributed by atoms with Crippen LogP contribution >= 0.6 is 0 Å². The van der Waals surface area contributed by atoms with Crippen molar-refractivity contribution in [2.24, 2.45) is 5.73 Å². The van der Waals surface area contributed by atoms with Crippen molar-refractivity contribution >= 4 is 11.6 Å². The number of aliphatic hydroxyl groups is 1. The zero-order chi connectivity index (χ0) is 15.5. The molecule has 1 amide bonds. The van der Waals surface area contributed by atoms with Crippen molar-refractivity contribution in [1.29, 1.82) is 0 Å². The summed E-state index contributed by atoms with van der Waals surface area (Å²) in [6.45, 7) is 1.94. The first kappa shape index (κ1) is 15.0. The fourth-order valence-electron chi connectivity index (χ4n) is 1.80. The van der Waals surface area contributed by atoms with Crippen LogP contribution in [0.15, 0.2) is 24.3 Å². The average Bonchev–Trinajstić information content (AvgIpc) is 2.51. The molecule has 1 atom stereocenters. The molecule has 0 fully saturated rings. The Hall–Kier alpha value is -1.43. The van der Waals surface area contributed by atoms with E-state index in [-0.39, 0.29) is 12.5 Å². The monoisotopic (exact) mass is 281 g/mol.